The van der Waals surface area contributed by atoms with Crippen LogP contribution in [0.5, 0.6) is 5.75 Å². The summed E-state index contributed by atoms with van der Waals surface area (Å²) >= 11 is 0. The SMILES string of the molecule is COc1cc(-c2nc(CN(C)[C@@H](C)c3ccon3)c(C)o2)ccc1F. The molecule has 1 aromatic carbocycles. The van der Waals surface area contributed by atoms with Crippen LogP contribution in [0.4, 0.5) is 4.39 Å². The number of benzene rings is 1. The third kappa shape index (κ3) is 3.56. The monoisotopic (exact) mass is 345 g/mol. The minimum absolute atomic E-state index is 0.0733. The van der Waals surface area contributed by atoms with Crippen molar-refractivity contribution in [3.05, 3.63) is 53.5 Å². The average Bonchev–Trinajstić information content (AvgIpc) is 3.25. The lowest BCUT2D eigenvalue weighted by atomic mass is 10.2. The van der Waals surface area contributed by atoms with Crippen LogP contribution in [0, 0.1) is 12.7 Å². The number of hydrogen-bond donors (Lipinski definition) is 0. The molecule has 0 unspecified atom stereocenters. The lowest BCUT2D eigenvalue weighted by Gasteiger charge is -2.21. The minimum atomic E-state index is -0.420. The van der Waals surface area contributed by atoms with Crippen LogP contribution >= 0.6 is 0 Å². The van der Waals surface area contributed by atoms with Crippen molar-refractivity contribution in [1.29, 1.82) is 0 Å². The Hall–Kier alpha value is -2.67. The number of rotatable bonds is 6. The highest BCUT2D eigenvalue weighted by Crippen LogP contribution is 2.28. The molecule has 0 saturated carbocycles. The van der Waals surface area contributed by atoms with Crippen LogP contribution in [0.15, 0.2) is 39.5 Å². The van der Waals surface area contributed by atoms with E-state index in [-0.39, 0.29) is 11.8 Å². The van der Waals surface area contributed by atoms with Crippen molar-refractivity contribution in [2.45, 2.75) is 26.4 Å². The quantitative estimate of drug-likeness (QED) is 0.673. The number of aryl methyl sites for hydroxylation is 1. The molecule has 0 aliphatic rings. The van der Waals surface area contributed by atoms with E-state index in [1.807, 2.05) is 27.0 Å². The van der Waals surface area contributed by atoms with Crippen molar-refractivity contribution < 1.29 is 18.1 Å². The van der Waals surface area contributed by atoms with Gasteiger partial charge in [0.15, 0.2) is 11.6 Å². The number of oxazole rings is 1. The molecule has 2 aromatic heterocycles. The molecule has 0 aliphatic carbocycles. The number of aromatic nitrogens is 2. The van der Waals surface area contributed by atoms with Gasteiger partial charge in [0.05, 0.1) is 18.8 Å². The van der Waals surface area contributed by atoms with Crippen molar-refractivity contribution in [3.63, 3.8) is 0 Å². The summed E-state index contributed by atoms with van der Waals surface area (Å²) in [5.74, 6) is 0.897. The fourth-order valence-corrected chi connectivity index (χ4v) is 2.53. The van der Waals surface area contributed by atoms with Gasteiger partial charge >= 0.3 is 0 Å². The summed E-state index contributed by atoms with van der Waals surface area (Å²) in [5.41, 5.74) is 2.34. The second-order valence-electron chi connectivity index (χ2n) is 5.89. The highest BCUT2D eigenvalue weighted by atomic mass is 19.1. The number of methoxy groups -OCH3 is 1. The van der Waals surface area contributed by atoms with E-state index >= 15 is 0 Å². The smallest absolute Gasteiger partial charge is 0.226 e. The number of ether oxygens (including phenoxy) is 1. The zero-order valence-corrected chi connectivity index (χ0v) is 14.6. The molecule has 0 saturated heterocycles. The highest BCUT2D eigenvalue weighted by molar-refractivity contribution is 5.56. The van der Waals surface area contributed by atoms with Gasteiger partial charge in [-0.05, 0) is 39.1 Å². The second kappa shape index (κ2) is 7.06. The fraction of sp³-hybridized carbons (Fsp3) is 0.333. The highest BCUT2D eigenvalue weighted by Gasteiger charge is 2.19. The molecule has 2 heterocycles. The Bertz CT molecular complexity index is 845. The molecule has 0 amide bonds. The largest absolute Gasteiger partial charge is 0.494 e. The average molecular weight is 345 g/mol. The molecule has 25 heavy (non-hydrogen) atoms. The van der Waals surface area contributed by atoms with Gasteiger partial charge in [-0.25, -0.2) is 9.37 Å². The Morgan fingerprint density at radius 2 is 2.12 bits per heavy atom. The van der Waals surface area contributed by atoms with E-state index in [0.717, 1.165) is 17.1 Å². The molecule has 1 atom stereocenters. The minimum Gasteiger partial charge on any atom is -0.494 e. The van der Waals surface area contributed by atoms with Gasteiger partial charge in [0.25, 0.3) is 0 Å². The zero-order valence-electron chi connectivity index (χ0n) is 14.6. The maximum absolute atomic E-state index is 13.6. The number of nitrogens with zero attached hydrogens (tertiary/aromatic N) is 3. The van der Waals surface area contributed by atoms with Gasteiger partial charge in [0, 0.05) is 18.2 Å². The van der Waals surface area contributed by atoms with Crippen LogP contribution in [0.3, 0.4) is 0 Å². The van der Waals surface area contributed by atoms with Crippen LogP contribution in [0.25, 0.3) is 11.5 Å². The Morgan fingerprint density at radius 1 is 1.32 bits per heavy atom. The van der Waals surface area contributed by atoms with Crippen molar-refractivity contribution in [3.8, 4) is 17.2 Å². The topological polar surface area (TPSA) is 64.5 Å². The Morgan fingerprint density at radius 3 is 2.80 bits per heavy atom. The molecule has 0 aliphatic heterocycles. The van der Waals surface area contributed by atoms with Crippen molar-refractivity contribution in [2.75, 3.05) is 14.2 Å². The Labute approximate surface area is 145 Å². The predicted octanol–water partition coefficient (Wildman–Crippen LogP) is 3.98. The van der Waals surface area contributed by atoms with E-state index in [4.69, 9.17) is 13.7 Å². The zero-order chi connectivity index (χ0) is 18.0. The summed E-state index contributed by atoms with van der Waals surface area (Å²) in [4.78, 5) is 6.65. The van der Waals surface area contributed by atoms with Crippen LogP contribution in [-0.4, -0.2) is 29.2 Å². The molecule has 0 N–H and O–H groups in total. The van der Waals surface area contributed by atoms with E-state index in [1.54, 1.807) is 18.4 Å². The van der Waals surface area contributed by atoms with Gasteiger partial charge in [0.1, 0.15) is 17.7 Å². The second-order valence-corrected chi connectivity index (χ2v) is 5.89. The van der Waals surface area contributed by atoms with Gasteiger partial charge in [-0.3, -0.25) is 4.90 Å². The maximum Gasteiger partial charge on any atom is 0.226 e. The summed E-state index contributed by atoms with van der Waals surface area (Å²) in [7, 11) is 3.41. The molecule has 132 valence electrons. The summed E-state index contributed by atoms with van der Waals surface area (Å²) < 4.78 is 29.2. The van der Waals surface area contributed by atoms with E-state index in [9.17, 15) is 4.39 Å². The summed E-state index contributed by atoms with van der Waals surface area (Å²) in [6.07, 6.45) is 1.56. The number of hydrogen-bond acceptors (Lipinski definition) is 6. The first-order chi connectivity index (χ1) is 12.0. The lowest BCUT2D eigenvalue weighted by molar-refractivity contribution is 0.237. The van der Waals surface area contributed by atoms with Gasteiger partial charge in [-0.1, -0.05) is 5.16 Å². The molecule has 0 fully saturated rings. The van der Waals surface area contributed by atoms with Gasteiger partial charge in [-0.2, -0.15) is 0 Å². The maximum atomic E-state index is 13.6. The molecule has 0 spiro atoms. The van der Waals surface area contributed by atoms with Crippen LogP contribution in [0.1, 0.15) is 30.1 Å². The third-order valence-corrected chi connectivity index (χ3v) is 4.24. The molecule has 3 aromatic rings. The number of halogens is 1. The van der Waals surface area contributed by atoms with E-state index in [0.29, 0.717) is 18.0 Å². The van der Waals surface area contributed by atoms with E-state index in [2.05, 4.69) is 15.0 Å². The summed E-state index contributed by atoms with van der Waals surface area (Å²) in [6, 6.07) is 6.45. The van der Waals surface area contributed by atoms with E-state index < -0.39 is 5.82 Å². The fourth-order valence-electron chi connectivity index (χ4n) is 2.53. The van der Waals surface area contributed by atoms with Crippen molar-refractivity contribution in [2.24, 2.45) is 0 Å². The Balaban J connectivity index is 1.80. The molecule has 7 heteroatoms. The molecule has 3 rings (SSSR count). The molecular weight excluding hydrogens is 325 g/mol. The lowest BCUT2D eigenvalue weighted by Crippen LogP contribution is -2.22. The van der Waals surface area contributed by atoms with E-state index in [1.165, 1.54) is 13.2 Å². The molecule has 0 bridgehead atoms. The predicted molar refractivity (Wildman–Crippen MR) is 89.6 cm³/mol. The summed E-state index contributed by atoms with van der Waals surface area (Å²) in [5, 5.41) is 3.97. The van der Waals surface area contributed by atoms with Gasteiger partial charge < -0.3 is 13.7 Å². The van der Waals surface area contributed by atoms with Crippen molar-refractivity contribution in [1.82, 2.24) is 15.0 Å². The molecule has 0 radical (unpaired) electrons. The first-order valence-electron chi connectivity index (χ1n) is 7.90. The molecular formula is C18H20FN3O3. The van der Waals surface area contributed by atoms with Crippen molar-refractivity contribution >= 4 is 0 Å². The third-order valence-electron chi connectivity index (χ3n) is 4.24. The first-order valence-corrected chi connectivity index (χ1v) is 7.90. The van der Waals surface area contributed by atoms with Crippen LogP contribution in [0.2, 0.25) is 0 Å². The standard InChI is InChI=1S/C18H20FN3O3/c1-11(15-7-8-24-21-15)22(3)10-16-12(2)25-18(20-16)13-5-6-14(19)17(9-13)23-4/h5-9,11H,10H2,1-4H3/t11-/m0/s1. The normalized spacial score (nSPS) is 12.6. The molecule has 6 nitrogen and oxygen atoms in total. The van der Waals surface area contributed by atoms with Crippen LogP contribution < -0.4 is 4.74 Å². The Kier molecular flexibility index (Phi) is 4.85. The van der Waals surface area contributed by atoms with Crippen LogP contribution in [-0.2, 0) is 6.54 Å². The van der Waals surface area contributed by atoms with Gasteiger partial charge in [0.2, 0.25) is 5.89 Å². The first kappa shape index (κ1) is 17.2. The van der Waals surface area contributed by atoms with Gasteiger partial charge in [-0.15, -0.1) is 0 Å². The summed E-state index contributed by atoms with van der Waals surface area (Å²) in [6.45, 7) is 4.49.